The van der Waals surface area contributed by atoms with E-state index in [2.05, 4.69) is 72.0 Å². The monoisotopic (exact) mass is 338 g/mol. The second kappa shape index (κ2) is 6.07. The Balaban J connectivity index is 2.14. The van der Waals surface area contributed by atoms with E-state index in [1.165, 1.54) is 35.2 Å². The largest absolute Gasteiger partial charge is 0.371 e. The first kappa shape index (κ1) is 15.8. The number of hydrogen-bond donors (Lipinski definition) is 1. The zero-order chi connectivity index (χ0) is 14.9. The molecule has 0 saturated carbocycles. The highest BCUT2D eigenvalue weighted by Gasteiger charge is 2.31. The topological polar surface area (TPSA) is 15.3 Å². The molecule has 1 aromatic carbocycles. The van der Waals surface area contributed by atoms with Crippen molar-refractivity contribution in [2.45, 2.75) is 40.2 Å². The average molecular weight is 339 g/mol. The summed E-state index contributed by atoms with van der Waals surface area (Å²) in [4.78, 5) is 2.52. The van der Waals surface area contributed by atoms with Gasteiger partial charge in [-0.25, -0.2) is 0 Å². The molecular weight excluding hydrogens is 312 g/mol. The molecule has 2 unspecified atom stereocenters. The van der Waals surface area contributed by atoms with Gasteiger partial charge in [0.2, 0.25) is 0 Å². The van der Waals surface area contributed by atoms with E-state index in [1.54, 1.807) is 0 Å². The molecule has 20 heavy (non-hydrogen) atoms. The highest BCUT2D eigenvalue weighted by molar-refractivity contribution is 9.10. The molecule has 2 atom stereocenters. The molecule has 2 rings (SSSR count). The molecular formula is C17H27BrN2. The number of benzene rings is 1. The lowest BCUT2D eigenvalue weighted by atomic mass is 9.80. The summed E-state index contributed by atoms with van der Waals surface area (Å²) >= 11 is 3.72. The standard InChI is InChI=1S/C17H27BrN2/c1-12(19-5)15-7-6-14(10-16(15)18)20-9-8-13(11-20)17(2,3)4/h6-7,10,12-13,19H,8-9,11H2,1-5H3. The normalized spacial score (nSPS) is 21.3. The molecule has 1 aliphatic heterocycles. The van der Waals surface area contributed by atoms with Crippen LogP contribution in [0.5, 0.6) is 0 Å². The van der Waals surface area contributed by atoms with Crippen LogP contribution in [-0.2, 0) is 0 Å². The van der Waals surface area contributed by atoms with Crippen LogP contribution in [0.25, 0.3) is 0 Å². The van der Waals surface area contributed by atoms with Gasteiger partial charge in [-0.15, -0.1) is 0 Å². The van der Waals surface area contributed by atoms with Crippen molar-refractivity contribution in [3.63, 3.8) is 0 Å². The van der Waals surface area contributed by atoms with Crippen LogP contribution in [0.2, 0.25) is 0 Å². The van der Waals surface area contributed by atoms with Crippen molar-refractivity contribution in [1.82, 2.24) is 5.32 Å². The highest BCUT2D eigenvalue weighted by atomic mass is 79.9. The molecule has 0 amide bonds. The van der Waals surface area contributed by atoms with Gasteiger partial charge >= 0.3 is 0 Å². The van der Waals surface area contributed by atoms with Crippen LogP contribution >= 0.6 is 15.9 Å². The molecule has 112 valence electrons. The third-order valence-corrected chi connectivity index (χ3v) is 5.35. The summed E-state index contributed by atoms with van der Waals surface area (Å²) in [5.41, 5.74) is 3.07. The van der Waals surface area contributed by atoms with Gasteiger partial charge in [-0.3, -0.25) is 0 Å². The molecule has 2 nitrogen and oxygen atoms in total. The number of anilines is 1. The number of nitrogens with zero attached hydrogens (tertiary/aromatic N) is 1. The highest BCUT2D eigenvalue weighted by Crippen LogP contribution is 2.37. The summed E-state index contributed by atoms with van der Waals surface area (Å²) in [6.07, 6.45) is 1.30. The van der Waals surface area contributed by atoms with Crippen molar-refractivity contribution < 1.29 is 0 Å². The van der Waals surface area contributed by atoms with E-state index in [1.807, 2.05) is 7.05 Å². The molecule has 1 heterocycles. The van der Waals surface area contributed by atoms with Crippen molar-refractivity contribution in [3.8, 4) is 0 Å². The minimum absolute atomic E-state index is 0.374. The minimum atomic E-state index is 0.374. The quantitative estimate of drug-likeness (QED) is 0.866. The van der Waals surface area contributed by atoms with Crippen LogP contribution in [0.15, 0.2) is 22.7 Å². The van der Waals surface area contributed by atoms with Crippen LogP contribution in [0.3, 0.4) is 0 Å². The van der Waals surface area contributed by atoms with Gasteiger partial charge in [-0.1, -0.05) is 42.8 Å². The Morgan fingerprint density at radius 1 is 1.35 bits per heavy atom. The van der Waals surface area contributed by atoms with Crippen molar-refractivity contribution in [2.24, 2.45) is 11.3 Å². The number of nitrogens with one attached hydrogen (secondary N) is 1. The first-order chi connectivity index (χ1) is 9.32. The second-order valence-corrected chi connectivity index (χ2v) is 7.87. The van der Waals surface area contributed by atoms with E-state index in [4.69, 9.17) is 0 Å². The van der Waals surface area contributed by atoms with E-state index in [9.17, 15) is 0 Å². The molecule has 1 fully saturated rings. The predicted molar refractivity (Wildman–Crippen MR) is 91.4 cm³/mol. The molecule has 1 N–H and O–H groups in total. The fourth-order valence-electron chi connectivity index (χ4n) is 2.92. The Morgan fingerprint density at radius 2 is 2.05 bits per heavy atom. The van der Waals surface area contributed by atoms with Gasteiger partial charge in [0, 0.05) is 29.3 Å². The zero-order valence-electron chi connectivity index (χ0n) is 13.3. The summed E-state index contributed by atoms with van der Waals surface area (Å²) in [5, 5.41) is 3.29. The number of rotatable bonds is 3. The van der Waals surface area contributed by atoms with Gasteiger partial charge in [0.15, 0.2) is 0 Å². The average Bonchev–Trinajstić information content (AvgIpc) is 2.87. The molecule has 0 aromatic heterocycles. The van der Waals surface area contributed by atoms with E-state index in [0.717, 1.165) is 5.92 Å². The van der Waals surface area contributed by atoms with Crippen LogP contribution in [0.4, 0.5) is 5.69 Å². The lowest BCUT2D eigenvalue weighted by Crippen LogP contribution is -2.25. The van der Waals surface area contributed by atoms with Gasteiger partial charge in [0.25, 0.3) is 0 Å². The molecule has 0 spiro atoms. The van der Waals surface area contributed by atoms with Gasteiger partial charge in [0.05, 0.1) is 0 Å². The van der Waals surface area contributed by atoms with Crippen LogP contribution in [-0.4, -0.2) is 20.1 Å². The minimum Gasteiger partial charge on any atom is -0.371 e. The first-order valence-corrected chi connectivity index (χ1v) is 8.34. The van der Waals surface area contributed by atoms with Gasteiger partial charge in [-0.05, 0) is 49.4 Å². The van der Waals surface area contributed by atoms with Gasteiger partial charge in [0.1, 0.15) is 0 Å². The van der Waals surface area contributed by atoms with Gasteiger partial charge < -0.3 is 10.2 Å². The molecule has 1 aliphatic rings. The lowest BCUT2D eigenvalue weighted by molar-refractivity contribution is 0.263. The Labute approximate surface area is 132 Å². The molecule has 0 radical (unpaired) electrons. The Morgan fingerprint density at radius 3 is 2.55 bits per heavy atom. The van der Waals surface area contributed by atoms with E-state index < -0.39 is 0 Å². The fraction of sp³-hybridized carbons (Fsp3) is 0.647. The zero-order valence-corrected chi connectivity index (χ0v) is 14.9. The maximum atomic E-state index is 3.72. The molecule has 1 aromatic rings. The van der Waals surface area contributed by atoms with E-state index >= 15 is 0 Å². The smallest absolute Gasteiger partial charge is 0.0377 e. The third-order valence-electron chi connectivity index (χ3n) is 4.66. The summed E-state index contributed by atoms with van der Waals surface area (Å²) in [6.45, 7) is 11.6. The van der Waals surface area contributed by atoms with Crippen LogP contribution in [0.1, 0.15) is 45.7 Å². The lowest BCUT2D eigenvalue weighted by Gasteiger charge is -2.27. The van der Waals surface area contributed by atoms with Crippen molar-refractivity contribution in [1.29, 1.82) is 0 Å². The molecule has 3 heteroatoms. The SMILES string of the molecule is CNC(C)c1ccc(N2CCC(C(C)(C)C)C2)cc1Br. The van der Waals surface area contributed by atoms with Gasteiger partial charge in [-0.2, -0.15) is 0 Å². The maximum absolute atomic E-state index is 3.72. The Kier molecular flexibility index (Phi) is 4.80. The van der Waals surface area contributed by atoms with E-state index in [-0.39, 0.29) is 0 Å². The van der Waals surface area contributed by atoms with Crippen molar-refractivity contribution in [2.75, 3.05) is 25.0 Å². The third kappa shape index (κ3) is 3.37. The van der Waals surface area contributed by atoms with Crippen molar-refractivity contribution in [3.05, 3.63) is 28.2 Å². The summed E-state index contributed by atoms with van der Waals surface area (Å²) in [7, 11) is 2.00. The molecule has 0 bridgehead atoms. The summed E-state index contributed by atoms with van der Waals surface area (Å²) in [6, 6.07) is 7.15. The summed E-state index contributed by atoms with van der Waals surface area (Å²) < 4.78 is 1.20. The molecule has 0 aliphatic carbocycles. The number of halogens is 1. The fourth-order valence-corrected chi connectivity index (χ4v) is 3.63. The molecule has 1 saturated heterocycles. The van der Waals surface area contributed by atoms with E-state index in [0.29, 0.717) is 11.5 Å². The predicted octanol–water partition coefficient (Wildman–Crippen LogP) is 4.60. The number of hydrogen-bond acceptors (Lipinski definition) is 2. The first-order valence-electron chi connectivity index (χ1n) is 7.54. The maximum Gasteiger partial charge on any atom is 0.0377 e. The second-order valence-electron chi connectivity index (χ2n) is 7.01. The van der Waals surface area contributed by atoms with Crippen LogP contribution < -0.4 is 10.2 Å². The Hall–Kier alpha value is -0.540. The van der Waals surface area contributed by atoms with Crippen molar-refractivity contribution >= 4 is 21.6 Å². The Bertz CT molecular complexity index is 465. The summed E-state index contributed by atoms with van der Waals surface area (Å²) in [5.74, 6) is 0.789. The van der Waals surface area contributed by atoms with Crippen LogP contribution in [0, 0.1) is 11.3 Å².